The fourth-order valence-electron chi connectivity index (χ4n) is 3.66. The normalized spacial score (nSPS) is 16.3. The Morgan fingerprint density at radius 3 is 2.31 bits per heavy atom. The molecule has 0 bridgehead atoms. The molecule has 3 heteroatoms. The minimum absolute atomic E-state index is 0.119. The fourth-order valence-corrected chi connectivity index (χ4v) is 3.66. The van der Waals surface area contributed by atoms with Crippen molar-refractivity contribution in [1.82, 2.24) is 0 Å². The first-order valence-corrected chi connectivity index (χ1v) is 9.71. The van der Waals surface area contributed by atoms with Crippen LogP contribution >= 0.6 is 0 Å². The zero-order valence-electron chi connectivity index (χ0n) is 15.7. The summed E-state index contributed by atoms with van der Waals surface area (Å²) >= 11 is 0. The van der Waals surface area contributed by atoms with E-state index in [2.05, 4.69) is 38.1 Å². The van der Waals surface area contributed by atoms with E-state index in [1.54, 1.807) is 0 Å². The second-order valence-electron chi connectivity index (χ2n) is 7.16. The van der Waals surface area contributed by atoms with Crippen LogP contribution in [0.5, 0.6) is 0 Å². The highest BCUT2D eigenvalue weighted by Gasteiger charge is 2.29. The molecule has 0 amide bonds. The highest BCUT2D eigenvalue weighted by Crippen LogP contribution is 2.28. The summed E-state index contributed by atoms with van der Waals surface area (Å²) in [6.07, 6.45) is 5.83. The predicted molar refractivity (Wildman–Crippen MR) is 102 cm³/mol. The van der Waals surface area contributed by atoms with Crippen LogP contribution in [0.1, 0.15) is 65.7 Å². The Kier molecular flexibility index (Phi) is 6.08. The van der Waals surface area contributed by atoms with Gasteiger partial charge in [0.1, 0.15) is 11.9 Å². The van der Waals surface area contributed by atoms with E-state index < -0.39 is 11.8 Å². The number of aryl methyl sites for hydroxylation is 3. The number of carbonyl (C=O) groups excluding carboxylic acids is 1. The number of benzene rings is 2. The summed E-state index contributed by atoms with van der Waals surface area (Å²) in [7, 11) is 0. The summed E-state index contributed by atoms with van der Waals surface area (Å²) in [5.41, 5.74) is 4.04. The van der Waals surface area contributed by atoms with E-state index in [4.69, 9.17) is 4.74 Å². The van der Waals surface area contributed by atoms with Gasteiger partial charge in [-0.25, -0.2) is 9.18 Å². The lowest BCUT2D eigenvalue weighted by Crippen LogP contribution is -2.29. The van der Waals surface area contributed by atoms with Gasteiger partial charge in [0.05, 0.1) is 5.56 Å². The third kappa shape index (κ3) is 4.14. The molecule has 0 N–H and O–H groups in total. The Hall–Kier alpha value is -2.16. The molecule has 1 atom stereocenters. The molecule has 0 spiro atoms. The van der Waals surface area contributed by atoms with Crippen LogP contribution in [0.3, 0.4) is 0 Å². The quantitative estimate of drug-likeness (QED) is 0.619. The van der Waals surface area contributed by atoms with Crippen molar-refractivity contribution in [2.75, 3.05) is 0 Å². The molecule has 1 heterocycles. The average Bonchev–Trinajstić information content (AvgIpc) is 2.62. The number of rotatable bonds is 7. The van der Waals surface area contributed by atoms with Crippen LogP contribution in [0.4, 0.5) is 4.39 Å². The third-order valence-corrected chi connectivity index (χ3v) is 5.09. The van der Waals surface area contributed by atoms with E-state index in [9.17, 15) is 9.18 Å². The zero-order valence-corrected chi connectivity index (χ0v) is 15.7. The number of hydrogen-bond acceptors (Lipinski definition) is 2. The van der Waals surface area contributed by atoms with Gasteiger partial charge in [-0.05, 0) is 47.9 Å². The first kappa shape index (κ1) is 18.6. The minimum Gasteiger partial charge on any atom is -0.458 e. The SMILES string of the molecule is CCCc1ccc(CCc2ccc3c(c2F)C(=O)OC(CCC)C3)cc1. The van der Waals surface area contributed by atoms with Gasteiger partial charge in [-0.15, -0.1) is 0 Å². The van der Waals surface area contributed by atoms with Gasteiger partial charge in [0.2, 0.25) is 0 Å². The summed E-state index contributed by atoms with van der Waals surface area (Å²) in [6, 6.07) is 12.3. The van der Waals surface area contributed by atoms with Crippen molar-refractivity contribution in [3.63, 3.8) is 0 Å². The Balaban J connectivity index is 1.72. The van der Waals surface area contributed by atoms with Crippen molar-refractivity contribution >= 4 is 5.97 Å². The number of ether oxygens (including phenoxy) is 1. The second kappa shape index (κ2) is 8.48. The maximum atomic E-state index is 14.9. The molecule has 26 heavy (non-hydrogen) atoms. The van der Waals surface area contributed by atoms with Crippen molar-refractivity contribution in [2.45, 2.75) is 64.9 Å². The number of cyclic esters (lactones) is 1. The molecule has 2 aromatic rings. The van der Waals surface area contributed by atoms with Crippen LogP contribution in [-0.2, 0) is 30.4 Å². The summed E-state index contributed by atoms with van der Waals surface area (Å²) in [6.45, 7) is 4.23. The highest BCUT2D eigenvalue weighted by atomic mass is 19.1. The van der Waals surface area contributed by atoms with Gasteiger partial charge in [-0.1, -0.05) is 63.1 Å². The van der Waals surface area contributed by atoms with Crippen LogP contribution in [0, 0.1) is 5.82 Å². The van der Waals surface area contributed by atoms with Gasteiger partial charge in [0.25, 0.3) is 0 Å². The van der Waals surface area contributed by atoms with Gasteiger partial charge in [-0.3, -0.25) is 0 Å². The number of carbonyl (C=O) groups is 1. The van der Waals surface area contributed by atoms with Gasteiger partial charge < -0.3 is 4.74 Å². The van der Waals surface area contributed by atoms with E-state index in [0.717, 1.165) is 37.7 Å². The number of hydrogen-bond donors (Lipinski definition) is 0. The summed E-state index contributed by atoms with van der Waals surface area (Å²) in [5, 5.41) is 0. The second-order valence-corrected chi connectivity index (χ2v) is 7.16. The number of fused-ring (bicyclic) bond motifs is 1. The molecule has 2 aromatic carbocycles. The van der Waals surface area contributed by atoms with Crippen LogP contribution in [0.25, 0.3) is 0 Å². The average molecular weight is 354 g/mol. The Morgan fingerprint density at radius 2 is 1.65 bits per heavy atom. The summed E-state index contributed by atoms with van der Waals surface area (Å²) < 4.78 is 20.3. The van der Waals surface area contributed by atoms with Crippen molar-refractivity contribution < 1.29 is 13.9 Å². The van der Waals surface area contributed by atoms with E-state index in [0.29, 0.717) is 18.4 Å². The van der Waals surface area contributed by atoms with Gasteiger partial charge >= 0.3 is 5.97 Å². The Labute approximate surface area is 155 Å². The molecule has 0 fully saturated rings. The van der Waals surface area contributed by atoms with Crippen LogP contribution in [0.15, 0.2) is 36.4 Å². The molecule has 1 aliphatic heterocycles. The lowest BCUT2D eigenvalue weighted by Gasteiger charge is -2.25. The Morgan fingerprint density at radius 1 is 0.962 bits per heavy atom. The standard InChI is InChI=1S/C23H27FO2/c1-3-5-16-7-9-17(10-8-16)11-12-18-13-14-19-15-20(6-4-2)26-23(25)21(19)22(18)24/h7-10,13-14,20H,3-6,11-12,15H2,1-2H3. The van der Waals surface area contributed by atoms with Crippen molar-refractivity contribution in [3.8, 4) is 0 Å². The first-order chi connectivity index (χ1) is 12.6. The number of esters is 1. The van der Waals surface area contributed by atoms with Gasteiger partial charge in [-0.2, -0.15) is 0 Å². The topological polar surface area (TPSA) is 26.3 Å². The molecular weight excluding hydrogens is 327 g/mol. The first-order valence-electron chi connectivity index (χ1n) is 9.71. The van der Waals surface area contributed by atoms with Crippen molar-refractivity contribution in [3.05, 3.63) is 70.0 Å². The molecule has 0 saturated carbocycles. The maximum Gasteiger partial charge on any atom is 0.341 e. The number of halogens is 1. The van der Waals surface area contributed by atoms with Gasteiger partial charge in [0, 0.05) is 6.42 Å². The molecule has 138 valence electrons. The van der Waals surface area contributed by atoms with Crippen molar-refractivity contribution in [2.24, 2.45) is 0 Å². The zero-order chi connectivity index (χ0) is 18.5. The maximum absolute atomic E-state index is 14.9. The lowest BCUT2D eigenvalue weighted by molar-refractivity contribution is 0.0229. The van der Waals surface area contributed by atoms with E-state index in [1.807, 2.05) is 12.1 Å². The monoisotopic (exact) mass is 354 g/mol. The van der Waals surface area contributed by atoms with Crippen LogP contribution in [0.2, 0.25) is 0 Å². The molecule has 0 aliphatic carbocycles. The molecule has 3 rings (SSSR count). The third-order valence-electron chi connectivity index (χ3n) is 5.09. The molecule has 1 unspecified atom stereocenters. The van der Waals surface area contributed by atoms with E-state index in [-0.39, 0.29) is 11.7 Å². The molecule has 0 radical (unpaired) electrons. The molecule has 0 saturated heterocycles. The van der Waals surface area contributed by atoms with E-state index >= 15 is 0 Å². The largest absolute Gasteiger partial charge is 0.458 e. The lowest BCUT2D eigenvalue weighted by atomic mass is 9.92. The fraction of sp³-hybridized carbons (Fsp3) is 0.435. The van der Waals surface area contributed by atoms with Gasteiger partial charge in [0.15, 0.2) is 0 Å². The molecule has 1 aliphatic rings. The molecule has 2 nitrogen and oxygen atoms in total. The van der Waals surface area contributed by atoms with Crippen LogP contribution in [-0.4, -0.2) is 12.1 Å². The summed E-state index contributed by atoms with van der Waals surface area (Å²) in [5.74, 6) is -0.905. The van der Waals surface area contributed by atoms with Crippen molar-refractivity contribution in [1.29, 1.82) is 0 Å². The van der Waals surface area contributed by atoms with Crippen LogP contribution < -0.4 is 0 Å². The Bertz CT molecular complexity index is 765. The molecule has 0 aromatic heterocycles. The minimum atomic E-state index is -0.507. The summed E-state index contributed by atoms with van der Waals surface area (Å²) in [4.78, 5) is 12.3. The van der Waals surface area contributed by atoms with E-state index in [1.165, 1.54) is 11.1 Å². The highest BCUT2D eigenvalue weighted by molar-refractivity contribution is 5.92. The molecular formula is C23H27FO2. The predicted octanol–water partition coefficient (Wildman–Crippen LogP) is 5.45. The smallest absolute Gasteiger partial charge is 0.341 e.